The Morgan fingerprint density at radius 3 is 2.44 bits per heavy atom. The molecule has 27 heavy (non-hydrogen) atoms. The summed E-state index contributed by atoms with van der Waals surface area (Å²) in [5.74, 6) is 1.88. The number of aromatic nitrogens is 4. The number of benzene rings is 1. The molecule has 1 aromatic carbocycles. The van der Waals surface area contributed by atoms with E-state index in [4.69, 9.17) is 4.98 Å². The van der Waals surface area contributed by atoms with Crippen molar-refractivity contribution in [2.75, 3.05) is 18.0 Å². The van der Waals surface area contributed by atoms with Gasteiger partial charge in [0.2, 0.25) is 5.95 Å². The van der Waals surface area contributed by atoms with Crippen molar-refractivity contribution >= 4 is 17.1 Å². The Bertz CT molecular complexity index is 1070. The second kappa shape index (κ2) is 6.72. The molecule has 142 valence electrons. The first-order valence-electron chi connectivity index (χ1n) is 9.42. The van der Waals surface area contributed by atoms with Gasteiger partial charge in [0.15, 0.2) is 11.2 Å². The van der Waals surface area contributed by atoms with Crippen molar-refractivity contribution in [1.82, 2.24) is 19.1 Å². The zero-order chi connectivity index (χ0) is 19.1. The minimum Gasteiger partial charge on any atom is -0.342 e. The first-order chi connectivity index (χ1) is 12.9. The quantitative estimate of drug-likeness (QED) is 0.768. The van der Waals surface area contributed by atoms with Crippen LogP contribution >= 0.6 is 0 Å². The van der Waals surface area contributed by atoms with Crippen molar-refractivity contribution < 1.29 is 0 Å². The zero-order valence-corrected chi connectivity index (χ0v) is 16.0. The van der Waals surface area contributed by atoms with Crippen molar-refractivity contribution in [1.29, 1.82) is 0 Å². The molecule has 2 aromatic heterocycles. The average Bonchev–Trinajstić information content (AvgIpc) is 3.00. The molecular weight excluding hydrogens is 342 g/mol. The van der Waals surface area contributed by atoms with Crippen LogP contribution in [-0.2, 0) is 13.6 Å². The minimum atomic E-state index is -0.441. The van der Waals surface area contributed by atoms with Crippen molar-refractivity contribution in [2.45, 2.75) is 26.8 Å². The summed E-state index contributed by atoms with van der Waals surface area (Å²) >= 11 is 0. The Morgan fingerprint density at radius 2 is 1.78 bits per heavy atom. The molecule has 1 N–H and O–H groups in total. The van der Waals surface area contributed by atoms with Crippen LogP contribution in [0.2, 0.25) is 0 Å². The van der Waals surface area contributed by atoms with E-state index in [9.17, 15) is 9.59 Å². The molecule has 3 heterocycles. The first kappa shape index (κ1) is 17.6. The number of aryl methyl sites for hydroxylation is 1. The number of piperidine rings is 1. The molecule has 0 aliphatic carbocycles. The second-order valence-electron chi connectivity index (χ2n) is 7.83. The molecule has 0 unspecified atom stereocenters. The molecule has 1 aliphatic rings. The maximum atomic E-state index is 12.6. The van der Waals surface area contributed by atoms with Gasteiger partial charge in [-0.2, -0.15) is 4.98 Å². The van der Waals surface area contributed by atoms with E-state index in [1.807, 2.05) is 34.9 Å². The summed E-state index contributed by atoms with van der Waals surface area (Å²) in [6.45, 7) is 6.82. The third-order valence-electron chi connectivity index (χ3n) is 5.32. The van der Waals surface area contributed by atoms with Gasteiger partial charge in [-0.25, -0.2) is 4.79 Å². The number of hydrogen-bond donors (Lipinski definition) is 1. The van der Waals surface area contributed by atoms with Gasteiger partial charge in [0.05, 0.1) is 6.54 Å². The van der Waals surface area contributed by atoms with Crippen LogP contribution in [0.4, 0.5) is 5.95 Å². The molecule has 1 fully saturated rings. The summed E-state index contributed by atoms with van der Waals surface area (Å²) in [6, 6.07) is 10.0. The maximum Gasteiger partial charge on any atom is 0.329 e. The summed E-state index contributed by atoms with van der Waals surface area (Å²) in [5, 5.41) is 0. The standard InChI is InChI=1S/C20H25N5O2/c1-13-9-14(2)11-24(10-13)19-21-17-16(18(26)22-20(27)23(17)3)25(19)12-15-7-5-4-6-8-15/h4-8,13-14H,9-12H2,1-3H3,(H,22,26,27)/t13-,14+. The van der Waals surface area contributed by atoms with E-state index in [0.29, 0.717) is 29.5 Å². The average molecular weight is 367 g/mol. The molecule has 2 atom stereocenters. The lowest BCUT2D eigenvalue weighted by atomic mass is 9.92. The molecule has 0 amide bonds. The van der Waals surface area contributed by atoms with Gasteiger partial charge in [0, 0.05) is 20.1 Å². The predicted molar refractivity (Wildman–Crippen MR) is 106 cm³/mol. The van der Waals surface area contributed by atoms with E-state index >= 15 is 0 Å². The number of nitrogens with one attached hydrogen (secondary N) is 1. The molecule has 0 saturated carbocycles. The van der Waals surface area contributed by atoms with Crippen molar-refractivity contribution in [3.63, 3.8) is 0 Å². The van der Waals surface area contributed by atoms with Gasteiger partial charge in [-0.05, 0) is 23.8 Å². The number of H-pyrrole nitrogens is 1. The van der Waals surface area contributed by atoms with Crippen LogP contribution in [0.3, 0.4) is 0 Å². The Balaban J connectivity index is 1.92. The van der Waals surface area contributed by atoms with Gasteiger partial charge in [0.25, 0.3) is 5.56 Å². The fraction of sp³-hybridized carbons (Fsp3) is 0.450. The van der Waals surface area contributed by atoms with Gasteiger partial charge < -0.3 is 4.90 Å². The molecule has 1 aliphatic heterocycles. The lowest BCUT2D eigenvalue weighted by molar-refractivity contribution is 0.352. The van der Waals surface area contributed by atoms with E-state index in [-0.39, 0.29) is 5.56 Å². The van der Waals surface area contributed by atoms with Crippen LogP contribution in [0, 0.1) is 11.8 Å². The van der Waals surface area contributed by atoms with Crippen LogP contribution in [0.25, 0.3) is 11.2 Å². The summed E-state index contributed by atoms with van der Waals surface area (Å²) in [5.41, 5.74) is 1.14. The van der Waals surface area contributed by atoms with Gasteiger partial charge in [-0.3, -0.25) is 18.9 Å². The first-order valence-corrected chi connectivity index (χ1v) is 9.42. The lowest BCUT2D eigenvalue weighted by Crippen LogP contribution is -2.40. The highest BCUT2D eigenvalue weighted by molar-refractivity contribution is 5.74. The third-order valence-corrected chi connectivity index (χ3v) is 5.32. The lowest BCUT2D eigenvalue weighted by Gasteiger charge is -2.35. The third kappa shape index (κ3) is 3.18. The highest BCUT2D eigenvalue weighted by Gasteiger charge is 2.27. The van der Waals surface area contributed by atoms with E-state index in [1.54, 1.807) is 7.05 Å². The van der Waals surface area contributed by atoms with Gasteiger partial charge in [-0.15, -0.1) is 0 Å². The number of anilines is 1. The molecule has 1 saturated heterocycles. The van der Waals surface area contributed by atoms with E-state index in [2.05, 4.69) is 23.7 Å². The van der Waals surface area contributed by atoms with E-state index < -0.39 is 5.69 Å². The van der Waals surface area contributed by atoms with Crippen LogP contribution in [0.1, 0.15) is 25.8 Å². The number of imidazole rings is 1. The molecule has 4 rings (SSSR count). The predicted octanol–water partition coefficient (Wildman–Crippen LogP) is 1.95. The molecular formula is C20H25N5O2. The largest absolute Gasteiger partial charge is 0.342 e. The SMILES string of the molecule is C[C@@H]1C[C@H](C)CN(c2nc3c(c(=O)[nH]c(=O)n3C)n2Cc2ccccc2)C1. The summed E-state index contributed by atoms with van der Waals surface area (Å²) < 4.78 is 3.37. The van der Waals surface area contributed by atoms with E-state index in [1.165, 1.54) is 11.0 Å². The zero-order valence-electron chi connectivity index (χ0n) is 16.0. The monoisotopic (exact) mass is 367 g/mol. The van der Waals surface area contributed by atoms with Gasteiger partial charge in [-0.1, -0.05) is 44.2 Å². The van der Waals surface area contributed by atoms with Crippen molar-refractivity contribution in [3.05, 3.63) is 56.7 Å². The second-order valence-corrected chi connectivity index (χ2v) is 7.83. The van der Waals surface area contributed by atoms with E-state index in [0.717, 1.165) is 24.6 Å². The molecule has 7 nitrogen and oxygen atoms in total. The number of aromatic amines is 1. The molecule has 3 aromatic rings. The number of rotatable bonds is 3. The topological polar surface area (TPSA) is 75.9 Å². The maximum absolute atomic E-state index is 12.6. The highest BCUT2D eigenvalue weighted by Crippen LogP contribution is 2.28. The Labute approximate surface area is 157 Å². The van der Waals surface area contributed by atoms with Gasteiger partial charge in [0.1, 0.15) is 0 Å². The van der Waals surface area contributed by atoms with Crippen LogP contribution in [-0.4, -0.2) is 32.2 Å². The number of nitrogens with zero attached hydrogens (tertiary/aromatic N) is 4. The molecule has 7 heteroatoms. The van der Waals surface area contributed by atoms with Crippen LogP contribution in [0.5, 0.6) is 0 Å². The number of fused-ring (bicyclic) bond motifs is 1. The molecule has 0 radical (unpaired) electrons. The van der Waals surface area contributed by atoms with Crippen LogP contribution < -0.4 is 16.1 Å². The minimum absolute atomic E-state index is 0.388. The Morgan fingerprint density at radius 1 is 1.11 bits per heavy atom. The van der Waals surface area contributed by atoms with Crippen LogP contribution in [0.15, 0.2) is 39.9 Å². The Kier molecular flexibility index (Phi) is 4.37. The Hall–Kier alpha value is -2.83. The number of hydrogen-bond acceptors (Lipinski definition) is 4. The molecule has 0 spiro atoms. The smallest absolute Gasteiger partial charge is 0.329 e. The highest BCUT2D eigenvalue weighted by atomic mass is 16.2. The normalized spacial score (nSPS) is 20.3. The summed E-state index contributed by atoms with van der Waals surface area (Å²) in [6.07, 6.45) is 1.19. The fourth-order valence-electron chi connectivity index (χ4n) is 4.21. The van der Waals surface area contributed by atoms with Gasteiger partial charge >= 0.3 is 5.69 Å². The summed E-state index contributed by atoms with van der Waals surface area (Å²) in [7, 11) is 1.64. The molecule has 0 bridgehead atoms. The van der Waals surface area contributed by atoms with Crippen molar-refractivity contribution in [3.8, 4) is 0 Å². The summed E-state index contributed by atoms with van der Waals surface area (Å²) in [4.78, 5) is 34.1. The van der Waals surface area contributed by atoms with Crippen molar-refractivity contribution in [2.24, 2.45) is 18.9 Å². The fourth-order valence-corrected chi connectivity index (χ4v) is 4.21.